The number of anilines is 1. The van der Waals surface area contributed by atoms with Crippen molar-refractivity contribution in [3.63, 3.8) is 0 Å². The molecule has 0 bridgehead atoms. The molecule has 1 saturated carbocycles. The number of methoxy groups -OCH3 is 1. The molecule has 172 valence electrons. The second kappa shape index (κ2) is 9.56. The van der Waals surface area contributed by atoms with E-state index in [1.165, 1.54) is 24.8 Å². The number of carbonyl (C=O) groups excluding carboxylic acids is 1. The van der Waals surface area contributed by atoms with E-state index in [9.17, 15) is 4.79 Å². The van der Waals surface area contributed by atoms with Gasteiger partial charge in [0.1, 0.15) is 18.2 Å². The van der Waals surface area contributed by atoms with Crippen LogP contribution in [0.25, 0.3) is 0 Å². The number of hydrogen-bond acceptors (Lipinski definition) is 7. The smallest absolute Gasteiger partial charge is 0.243 e. The Bertz CT molecular complexity index is 918. The molecule has 3 heterocycles. The second-order valence-electron chi connectivity index (χ2n) is 8.95. The van der Waals surface area contributed by atoms with Crippen LogP contribution in [0.3, 0.4) is 0 Å². The van der Waals surface area contributed by atoms with Crippen LogP contribution in [0.1, 0.15) is 62.1 Å². The van der Waals surface area contributed by atoms with E-state index in [0.29, 0.717) is 31.5 Å². The Morgan fingerprint density at radius 2 is 2.06 bits per heavy atom. The average Bonchev–Trinajstić information content (AvgIpc) is 3.45. The number of hydrazine groups is 1. The topological polar surface area (TPSA) is 96.3 Å². The summed E-state index contributed by atoms with van der Waals surface area (Å²) in [5, 5.41) is 18.1. The Morgan fingerprint density at radius 3 is 2.91 bits per heavy atom. The molecular formula is C23H33N7O2. The molecule has 9 nitrogen and oxygen atoms in total. The lowest BCUT2D eigenvalue weighted by Gasteiger charge is -2.44. The van der Waals surface area contributed by atoms with Gasteiger partial charge in [-0.1, -0.05) is 43.2 Å². The monoisotopic (exact) mass is 439 g/mol. The number of benzene rings is 1. The first-order valence-corrected chi connectivity index (χ1v) is 11.8. The Balaban J connectivity index is 1.32. The lowest BCUT2D eigenvalue weighted by molar-refractivity contribution is -0.121. The molecule has 32 heavy (non-hydrogen) atoms. The molecule has 0 radical (unpaired) electrons. The zero-order valence-electron chi connectivity index (χ0n) is 18.7. The summed E-state index contributed by atoms with van der Waals surface area (Å²) in [6.07, 6.45) is 7.12. The van der Waals surface area contributed by atoms with Crippen molar-refractivity contribution >= 4 is 11.9 Å². The van der Waals surface area contributed by atoms with Crippen LogP contribution in [0.15, 0.2) is 30.3 Å². The van der Waals surface area contributed by atoms with Crippen molar-refractivity contribution in [2.75, 3.05) is 25.3 Å². The number of hydrogen-bond donors (Lipinski definition) is 3. The maximum absolute atomic E-state index is 12.0. The maximum atomic E-state index is 12.0. The van der Waals surface area contributed by atoms with E-state index in [-0.39, 0.29) is 18.2 Å². The number of aryl methyl sites for hydroxylation is 1. The number of nitrogens with zero attached hydrogens (tertiary/aromatic N) is 4. The molecular weight excluding hydrogens is 406 g/mol. The minimum Gasteiger partial charge on any atom is -0.383 e. The fourth-order valence-electron chi connectivity index (χ4n) is 5.42. The number of carbonyl (C=O) groups is 1. The van der Waals surface area contributed by atoms with E-state index in [1.807, 2.05) is 6.07 Å². The van der Waals surface area contributed by atoms with Crippen molar-refractivity contribution < 1.29 is 9.53 Å². The zero-order chi connectivity index (χ0) is 21.9. The van der Waals surface area contributed by atoms with Crippen molar-refractivity contribution in [1.29, 1.82) is 0 Å². The summed E-state index contributed by atoms with van der Waals surface area (Å²) in [6.45, 7) is 1.09. The van der Waals surface area contributed by atoms with Gasteiger partial charge in [0.25, 0.3) is 0 Å². The van der Waals surface area contributed by atoms with Crippen LogP contribution >= 0.6 is 0 Å². The van der Waals surface area contributed by atoms with Gasteiger partial charge < -0.3 is 10.1 Å². The van der Waals surface area contributed by atoms with Crippen LogP contribution < -0.4 is 21.1 Å². The highest BCUT2D eigenvalue weighted by Gasteiger charge is 2.48. The third-order valence-electron chi connectivity index (χ3n) is 6.93. The van der Waals surface area contributed by atoms with E-state index in [2.05, 4.69) is 60.1 Å². The quantitative estimate of drug-likeness (QED) is 0.542. The van der Waals surface area contributed by atoms with Gasteiger partial charge in [-0.25, -0.2) is 5.43 Å². The van der Waals surface area contributed by atoms with Crippen LogP contribution in [-0.2, 0) is 16.0 Å². The fraction of sp³-hybridized carbons (Fsp3) is 0.609. The molecule has 3 N–H and O–H groups in total. The number of rotatable bonds is 8. The van der Waals surface area contributed by atoms with Gasteiger partial charge >= 0.3 is 0 Å². The van der Waals surface area contributed by atoms with Gasteiger partial charge in [-0.15, -0.1) is 10.2 Å². The largest absolute Gasteiger partial charge is 0.383 e. The highest BCUT2D eigenvalue weighted by molar-refractivity contribution is 5.75. The van der Waals surface area contributed by atoms with Gasteiger partial charge in [0.15, 0.2) is 0 Å². The second-order valence-corrected chi connectivity index (χ2v) is 8.95. The summed E-state index contributed by atoms with van der Waals surface area (Å²) in [4.78, 5) is 12.0. The SMILES string of the molecule is COCCNC(=O)CCCc1nnc2n1C1CCCCC1C1NC(c3ccccc3)NN21. The van der Waals surface area contributed by atoms with Gasteiger partial charge in [-0.2, -0.15) is 0 Å². The Kier molecular flexibility index (Phi) is 6.38. The number of fused-ring (bicyclic) bond motifs is 6. The summed E-state index contributed by atoms with van der Waals surface area (Å²) < 4.78 is 7.34. The highest BCUT2D eigenvalue weighted by Crippen LogP contribution is 2.45. The molecule has 4 unspecified atom stereocenters. The predicted molar refractivity (Wildman–Crippen MR) is 121 cm³/mol. The highest BCUT2D eigenvalue weighted by atomic mass is 16.5. The standard InChI is InChI=1S/C23H33N7O2/c1-32-15-14-24-20(31)13-7-12-19-26-27-23-29(19)18-11-6-5-10-17(18)22-25-21(28-30(22)23)16-8-3-2-4-9-16/h2-4,8-9,17-18,21-22,25,28H,5-7,10-15H2,1H3,(H,24,31). The van der Waals surface area contributed by atoms with Crippen molar-refractivity contribution in [3.8, 4) is 0 Å². The molecule has 1 aromatic carbocycles. The van der Waals surface area contributed by atoms with Crippen LogP contribution in [0.5, 0.6) is 0 Å². The van der Waals surface area contributed by atoms with Crippen LogP contribution in [0.2, 0.25) is 0 Å². The maximum Gasteiger partial charge on any atom is 0.243 e. The number of nitrogens with one attached hydrogen (secondary N) is 3. The van der Waals surface area contributed by atoms with E-state index in [0.717, 1.165) is 31.0 Å². The first kappa shape index (κ1) is 21.4. The van der Waals surface area contributed by atoms with Crippen molar-refractivity contribution in [1.82, 2.24) is 30.8 Å². The molecule has 4 atom stereocenters. The minimum absolute atomic E-state index is 0.0614. The van der Waals surface area contributed by atoms with Crippen LogP contribution in [-0.4, -0.2) is 47.1 Å². The zero-order valence-corrected chi connectivity index (χ0v) is 18.7. The van der Waals surface area contributed by atoms with E-state index < -0.39 is 0 Å². The van der Waals surface area contributed by atoms with Crippen LogP contribution in [0, 0.1) is 5.92 Å². The first-order valence-electron chi connectivity index (χ1n) is 11.8. The Hall–Kier alpha value is -2.49. The summed E-state index contributed by atoms with van der Waals surface area (Å²) in [6, 6.07) is 10.9. The van der Waals surface area contributed by atoms with Gasteiger partial charge in [0, 0.05) is 38.5 Å². The van der Waals surface area contributed by atoms with Gasteiger partial charge in [-0.05, 0) is 24.8 Å². The molecule has 2 aromatic rings. The summed E-state index contributed by atoms with van der Waals surface area (Å²) in [5.74, 6) is 2.45. The third-order valence-corrected chi connectivity index (χ3v) is 6.93. The van der Waals surface area contributed by atoms with Crippen molar-refractivity contribution in [3.05, 3.63) is 41.7 Å². The molecule has 9 heteroatoms. The molecule has 3 aliphatic rings. The fourth-order valence-corrected chi connectivity index (χ4v) is 5.42. The molecule has 5 rings (SSSR count). The molecule has 1 saturated heterocycles. The van der Waals surface area contributed by atoms with E-state index >= 15 is 0 Å². The molecule has 2 fully saturated rings. The van der Waals surface area contributed by atoms with E-state index in [1.54, 1.807) is 7.11 Å². The molecule has 1 amide bonds. The lowest BCUT2D eigenvalue weighted by Crippen LogP contribution is -2.53. The lowest BCUT2D eigenvalue weighted by atomic mass is 9.81. The van der Waals surface area contributed by atoms with Crippen molar-refractivity contribution in [2.45, 2.75) is 63.3 Å². The van der Waals surface area contributed by atoms with Gasteiger partial charge in [-0.3, -0.25) is 19.7 Å². The van der Waals surface area contributed by atoms with Gasteiger partial charge in [0.2, 0.25) is 11.9 Å². The Morgan fingerprint density at radius 1 is 1.22 bits per heavy atom. The first-order chi connectivity index (χ1) is 15.8. The predicted octanol–water partition coefficient (Wildman–Crippen LogP) is 2.05. The van der Waals surface area contributed by atoms with Crippen molar-refractivity contribution in [2.24, 2.45) is 5.92 Å². The Labute approximate surface area is 188 Å². The normalized spacial score (nSPS) is 26.3. The van der Waals surface area contributed by atoms with E-state index in [4.69, 9.17) is 4.74 Å². The average molecular weight is 440 g/mol. The molecule has 2 aliphatic heterocycles. The molecule has 1 aliphatic carbocycles. The number of ether oxygens (including phenoxy) is 1. The van der Waals surface area contributed by atoms with Crippen LogP contribution in [0.4, 0.5) is 5.95 Å². The summed E-state index contributed by atoms with van der Waals surface area (Å²) in [5.41, 5.74) is 4.86. The minimum atomic E-state index is 0.0614. The summed E-state index contributed by atoms with van der Waals surface area (Å²) in [7, 11) is 1.64. The third kappa shape index (κ3) is 4.12. The molecule has 1 aromatic heterocycles. The molecule has 0 spiro atoms. The number of aromatic nitrogens is 3. The van der Waals surface area contributed by atoms with Gasteiger partial charge in [0.05, 0.1) is 6.61 Å². The number of amides is 1. The summed E-state index contributed by atoms with van der Waals surface area (Å²) >= 11 is 0.